The van der Waals surface area contributed by atoms with Crippen molar-refractivity contribution in [3.05, 3.63) is 23.0 Å². The smallest absolute Gasteiger partial charge is 0.490 e. The van der Waals surface area contributed by atoms with Gasteiger partial charge in [0.15, 0.2) is 0 Å². The number of hydrogen-bond acceptors (Lipinski definition) is 6. The number of carbonyl (C=O) groups excluding carboxylic acids is 1. The molecular weight excluding hydrogens is 365 g/mol. The van der Waals surface area contributed by atoms with E-state index in [1.165, 1.54) is 17.7 Å². The van der Waals surface area contributed by atoms with Gasteiger partial charge in [-0.3, -0.25) is 0 Å². The fourth-order valence-electron chi connectivity index (χ4n) is 1.35. The van der Waals surface area contributed by atoms with Crippen LogP contribution in [0.4, 0.5) is 13.2 Å². The molecule has 0 saturated carbocycles. The van der Waals surface area contributed by atoms with E-state index < -0.39 is 34.1 Å². The van der Waals surface area contributed by atoms with Gasteiger partial charge in [0.25, 0.3) is 0 Å². The number of aromatic nitrogens is 1. The van der Waals surface area contributed by atoms with E-state index in [9.17, 15) is 26.4 Å². The predicted octanol–water partition coefficient (Wildman–Crippen LogP) is 1.73. The van der Waals surface area contributed by atoms with Gasteiger partial charge in [0, 0.05) is 0 Å². The average Bonchev–Trinajstić information content (AvgIpc) is 2.44. The summed E-state index contributed by atoms with van der Waals surface area (Å²) in [7, 11) is -4.35. The van der Waals surface area contributed by atoms with E-state index in [-0.39, 0.29) is 16.5 Å². The number of sulfonamides is 1. The predicted molar refractivity (Wildman–Crippen MR) is 73.7 cm³/mol. The number of nitrogens with zero attached hydrogens (tertiary/aromatic N) is 1. The Kier molecular flexibility index (Phi) is 6.19. The third-order valence-electron chi connectivity index (χ3n) is 2.38. The van der Waals surface area contributed by atoms with Gasteiger partial charge >= 0.3 is 21.5 Å². The van der Waals surface area contributed by atoms with Gasteiger partial charge in [-0.2, -0.15) is 13.2 Å². The van der Waals surface area contributed by atoms with Crippen LogP contribution in [0.1, 0.15) is 17.3 Å². The largest absolute Gasteiger partial charge is 0.511 e. The zero-order valence-electron chi connectivity index (χ0n) is 11.8. The zero-order chi connectivity index (χ0) is 17.8. The maximum atomic E-state index is 12.2. The van der Waals surface area contributed by atoms with Gasteiger partial charge in [-0.1, -0.05) is 11.6 Å². The van der Waals surface area contributed by atoms with Crippen molar-refractivity contribution in [2.24, 2.45) is 0 Å². The molecule has 1 atom stereocenters. The number of esters is 1. The van der Waals surface area contributed by atoms with E-state index in [2.05, 4.69) is 9.72 Å². The second kappa shape index (κ2) is 7.32. The molecule has 0 spiro atoms. The van der Waals surface area contributed by atoms with Crippen molar-refractivity contribution in [1.29, 1.82) is 0 Å². The molecule has 0 saturated heterocycles. The molecule has 0 aliphatic rings. The van der Waals surface area contributed by atoms with Crippen molar-refractivity contribution in [2.75, 3.05) is 13.7 Å². The van der Waals surface area contributed by atoms with Crippen molar-refractivity contribution < 1.29 is 35.9 Å². The summed E-state index contributed by atoms with van der Waals surface area (Å²) in [6.07, 6.45) is 1.12. The average molecular weight is 377 g/mol. The molecule has 0 aromatic carbocycles. The standard InChI is InChI=1S/C11H12ClF3N2O5S/c1-6(17-23(19,20)11(13,14)15)5-22-7-3-8(10(18)21-2)9(12)16-4-7/h3-4,6,17H,5H2,1-2H3/t6-/m0/s1. The van der Waals surface area contributed by atoms with E-state index in [0.29, 0.717) is 0 Å². The molecule has 0 radical (unpaired) electrons. The Labute approximate surface area is 134 Å². The summed E-state index contributed by atoms with van der Waals surface area (Å²) in [5.74, 6) is -0.772. The number of ether oxygens (including phenoxy) is 2. The van der Waals surface area contributed by atoms with Crippen LogP contribution in [0, 0.1) is 0 Å². The fourth-order valence-corrected chi connectivity index (χ4v) is 2.26. The summed E-state index contributed by atoms with van der Waals surface area (Å²) in [6.45, 7) is 0.743. The van der Waals surface area contributed by atoms with Gasteiger partial charge < -0.3 is 9.47 Å². The molecule has 7 nitrogen and oxygen atoms in total. The van der Waals surface area contributed by atoms with Gasteiger partial charge in [0.1, 0.15) is 23.1 Å². The minimum atomic E-state index is -5.47. The summed E-state index contributed by atoms with van der Waals surface area (Å²) in [4.78, 5) is 15.1. The summed E-state index contributed by atoms with van der Waals surface area (Å²) in [6, 6.07) is -0.00883. The molecule has 0 unspecified atom stereocenters. The van der Waals surface area contributed by atoms with E-state index in [4.69, 9.17) is 16.3 Å². The molecule has 0 aliphatic carbocycles. The number of alkyl halides is 3. The third-order valence-corrected chi connectivity index (χ3v) is 4.00. The summed E-state index contributed by atoms with van der Waals surface area (Å²) in [5, 5.41) is -0.143. The molecule has 0 amide bonds. The van der Waals surface area contributed by atoms with Crippen LogP contribution in [0.3, 0.4) is 0 Å². The number of hydrogen-bond donors (Lipinski definition) is 1. The van der Waals surface area contributed by atoms with Gasteiger partial charge in [0.2, 0.25) is 0 Å². The van der Waals surface area contributed by atoms with Crippen molar-refractivity contribution in [3.63, 3.8) is 0 Å². The topological polar surface area (TPSA) is 94.6 Å². The zero-order valence-corrected chi connectivity index (χ0v) is 13.4. The number of pyridine rings is 1. The normalized spacial score (nSPS) is 13.5. The number of carbonyl (C=O) groups is 1. The molecule has 1 heterocycles. The second-order valence-corrected chi connectivity index (χ2v) is 6.34. The van der Waals surface area contributed by atoms with Gasteiger partial charge in [0.05, 0.1) is 19.3 Å². The first-order chi connectivity index (χ1) is 10.5. The maximum Gasteiger partial charge on any atom is 0.511 e. The first-order valence-electron chi connectivity index (χ1n) is 5.93. The van der Waals surface area contributed by atoms with Crippen molar-refractivity contribution >= 4 is 27.6 Å². The van der Waals surface area contributed by atoms with Crippen LogP contribution in [-0.2, 0) is 14.8 Å². The van der Waals surface area contributed by atoms with Crippen LogP contribution >= 0.6 is 11.6 Å². The summed E-state index contributed by atoms with van der Waals surface area (Å²) < 4.78 is 69.5. The number of methoxy groups -OCH3 is 1. The van der Waals surface area contributed by atoms with E-state index in [1.807, 2.05) is 0 Å². The van der Waals surface area contributed by atoms with Crippen LogP contribution in [0.15, 0.2) is 12.3 Å². The Balaban J connectivity index is 2.74. The van der Waals surface area contributed by atoms with Gasteiger partial charge in [-0.05, 0) is 13.0 Å². The Hall–Kier alpha value is -1.59. The van der Waals surface area contributed by atoms with E-state index in [0.717, 1.165) is 13.3 Å². The third kappa shape index (κ3) is 5.22. The van der Waals surface area contributed by atoms with Crippen molar-refractivity contribution in [2.45, 2.75) is 18.5 Å². The summed E-state index contributed by atoms with van der Waals surface area (Å²) in [5.41, 5.74) is -5.52. The molecule has 0 bridgehead atoms. The molecule has 23 heavy (non-hydrogen) atoms. The van der Waals surface area contributed by atoms with Crippen LogP contribution in [0.25, 0.3) is 0 Å². The molecule has 0 fully saturated rings. The van der Waals surface area contributed by atoms with Crippen LogP contribution < -0.4 is 9.46 Å². The van der Waals surface area contributed by atoms with Crippen molar-refractivity contribution in [3.8, 4) is 5.75 Å². The van der Waals surface area contributed by atoms with Crippen LogP contribution in [0.2, 0.25) is 5.15 Å². The Morgan fingerprint density at radius 2 is 2.09 bits per heavy atom. The lowest BCUT2D eigenvalue weighted by atomic mass is 10.3. The molecule has 1 rings (SSSR count). The molecule has 130 valence electrons. The van der Waals surface area contributed by atoms with E-state index in [1.54, 1.807) is 0 Å². The van der Waals surface area contributed by atoms with E-state index >= 15 is 0 Å². The Bertz CT molecular complexity index is 681. The maximum absolute atomic E-state index is 12.2. The van der Waals surface area contributed by atoms with Crippen LogP contribution in [0.5, 0.6) is 5.75 Å². The SMILES string of the molecule is COC(=O)c1cc(OC[C@H](C)NS(=O)(=O)C(F)(F)F)cnc1Cl. The first-order valence-corrected chi connectivity index (χ1v) is 7.79. The molecular formula is C11H12ClF3N2O5S. The molecule has 1 N–H and O–H groups in total. The number of nitrogens with one attached hydrogen (secondary N) is 1. The molecule has 1 aromatic heterocycles. The highest BCUT2D eigenvalue weighted by molar-refractivity contribution is 7.90. The monoisotopic (exact) mass is 376 g/mol. The highest BCUT2D eigenvalue weighted by Crippen LogP contribution is 2.22. The van der Waals surface area contributed by atoms with Gasteiger partial charge in [-0.15, -0.1) is 0 Å². The Morgan fingerprint density at radius 3 is 2.61 bits per heavy atom. The lowest BCUT2D eigenvalue weighted by Crippen LogP contribution is -2.43. The highest BCUT2D eigenvalue weighted by atomic mass is 35.5. The van der Waals surface area contributed by atoms with Gasteiger partial charge in [-0.25, -0.2) is 22.9 Å². The fraction of sp³-hybridized carbons (Fsp3) is 0.455. The molecule has 1 aromatic rings. The molecule has 12 heteroatoms. The number of halogens is 4. The lowest BCUT2D eigenvalue weighted by molar-refractivity contribution is -0.0451. The summed E-state index contributed by atoms with van der Waals surface area (Å²) >= 11 is 5.69. The first kappa shape index (κ1) is 19.5. The Morgan fingerprint density at radius 1 is 1.48 bits per heavy atom. The highest BCUT2D eigenvalue weighted by Gasteiger charge is 2.46. The van der Waals surface area contributed by atoms with Crippen molar-refractivity contribution in [1.82, 2.24) is 9.71 Å². The molecule has 0 aliphatic heterocycles. The minimum absolute atomic E-state index is 0.00727. The minimum Gasteiger partial charge on any atom is -0.490 e. The van der Waals surface area contributed by atoms with Crippen LogP contribution in [-0.4, -0.2) is 44.6 Å². The number of rotatable bonds is 6. The lowest BCUT2D eigenvalue weighted by Gasteiger charge is -2.16. The second-order valence-electron chi connectivity index (χ2n) is 4.28. The quantitative estimate of drug-likeness (QED) is 0.600.